The molecule has 1 N–H and O–H groups in total. The SMILES string of the molecule is CCCN1C(=O)[C@H]2[C@@H](c3ccc(O)c(OC)c3)N(c3ccccc3)O[C@H]2C1=O. The third-order valence-corrected chi connectivity index (χ3v) is 5.21. The number of anilines is 1. The average molecular weight is 382 g/mol. The van der Waals surface area contributed by atoms with Crippen molar-refractivity contribution in [3.63, 3.8) is 0 Å². The Bertz CT molecular complexity index is 901. The van der Waals surface area contributed by atoms with Crippen LogP contribution in [0.2, 0.25) is 0 Å². The lowest BCUT2D eigenvalue weighted by atomic mass is 9.90. The Hall–Kier alpha value is -3.06. The van der Waals surface area contributed by atoms with Crippen LogP contribution in [0, 0.1) is 5.92 Å². The van der Waals surface area contributed by atoms with E-state index in [-0.39, 0.29) is 17.6 Å². The molecule has 2 aromatic rings. The van der Waals surface area contributed by atoms with Gasteiger partial charge in [0, 0.05) is 6.54 Å². The van der Waals surface area contributed by atoms with Gasteiger partial charge in [-0.15, -0.1) is 0 Å². The van der Waals surface area contributed by atoms with Crippen LogP contribution in [-0.4, -0.2) is 41.6 Å². The lowest BCUT2D eigenvalue weighted by Crippen LogP contribution is -2.37. The smallest absolute Gasteiger partial charge is 0.261 e. The Kier molecular flexibility index (Phi) is 4.68. The number of hydrogen-bond donors (Lipinski definition) is 1. The highest BCUT2D eigenvalue weighted by molar-refractivity contribution is 6.07. The highest BCUT2D eigenvalue weighted by Gasteiger charge is 2.59. The second-order valence-electron chi connectivity index (χ2n) is 6.92. The van der Waals surface area contributed by atoms with Gasteiger partial charge in [-0.3, -0.25) is 19.3 Å². The Balaban J connectivity index is 1.80. The molecule has 3 atom stereocenters. The highest BCUT2D eigenvalue weighted by Crippen LogP contribution is 2.47. The molecule has 0 aromatic heterocycles. The van der Waals surface area contributed by atoms with Crippen LogP contribution >= 0.6 is 0 Å². The number of hydroxylamine groups is 1. The van der Waals surface area contributed by atoms with E-state index >= 15 is 0 Å². The first-order valence-corrected chi connectivity index (χ1v) is 9.30. The van der Waals surface area contributed by atoms with E-state index < -0.39 is 18.1 Å². The van der Waals surface area contributed by atoms with Crippen LogP contribution in [0.5, 0.6) is 11.5 Å². The predicted octanol–water partition coefficient (Wildman–Crippen LogP) is 2.66. The van der Waals surface area contributed by atoms with E-state index in [1.807, 2.05) is 37.3 Å². The quantitative estimate of drug-likeness (QED) is 0.801. The predicted molar refractivity (Wildman–Crippen MR) is 102 cm³/mol. The van der Waals surface area contributed by atoms with Crippen LogP contribution in [0.3, 0.4) is 0 Å². The van der Waals surface area contributed by atoms with Crippen molar-refractivity contribution in [2.75, 3.05) is 18.7 Å². The number of rotatable bonds is 5. The van der Waals surface area contributed by atoms with E-state index in [9.17, 15) is 14.7 Å². The Morgan fingerprint density at radius 3 is 2.54 bits per heavy atom. The molecule has 2 aliphatic heterocycles. The zero-order chi connectivity index (χ0) is 19.8. The second-order valence-corrected chi connectivity index (χ2v) is 6.92. The van der Waals surface area contributed by atoms with Gasteiger partial charge in [-0.05, 0) is 36.2 Å². The topological polar surface area (TPSA) is 79.3 Å². The zero-order valence-electron chi connectivity index (χ0n) is 15.7. The summed E-state index contributed by atoms with van der Waals surface area (Å²) >= 11 is 0. The number of amides is 2. The number of hydrogen-bond acceptors (Lipinski definition) is 6. The Labute approximate surface area is 163 Å². The van der Waals surface area contributed by atoms with E-state index in [1.165, 1.54) is 18.1 Å². The number of fused-ring (bicyclic) bond motifs is 1. The van der Waals surface area contributed by atoms with Gasteiger partial charge in [0.15, 0.2) is 17.6 Å². The molecule has 0 unspecified atom stereocenters. The molecule has 2 saturated heterocycles. The van der Waals surface area contributed by atoms with Crippen molar-refractivity contribution in [3.8, 4) is 11.5 Å². The summed E-state index contributed by atoms with van der Waals surface area (Å²) in [4.78, 5) is 33.2. The van der Waals surface area contributed by atoms with E-state index in [2.05, 4.69) is 0 Å². The fraction of sp³-hybridized carbons (Fsp3) is 0.333. The Morgan fingerprint density at radius 1 is 1.11 bits per heavy atom. The van der Waals surface area contributed by atoms with Crippen LogP contribution < -0.4 is 9.80 Å². The molecule has 7 nitrogen and oxygen atoms in total. The van der Waals surface area contributed by atoms with Gasteiger partial charge in [-0.1, -0.05) is 31.2 Å². The standard InChI is InChI=1S/C21H22N2O5/c1-3-11-22-20(25)17-18(13-9-10-15(24)16(12-13)27-2)23(28-19(17)21(22)26)14-7-5-4-6-8-14/h4-10,12,17-19,24H,3,11H2,1-2H3/t17-,18+,19+/m0/s1. The van der Waals surface area contributed by atoms with Crippen molar-refractivity contribution in [2.45, 2.75) is 25.5 Å². The minimum absolute atomic E-state index is 0.00871. The number of phenolic OH excluding ortho intramolecular Hbond substituents is 1. The summed E-state index contributed by atoms with van der Waals surface area (Å²) in [5, 5.41) is 11.6. The monoisotopic (exact) mass is 382 g/mol. The summed E-state index contributed by atoms with van der Waals surface area (Å²) in [5.74, 6) is -0.877. The fourth-order valence-corrected chi connectivity index (χ4v) is 3.93. The van der Waals surface area contributed by atoms with Gasteiger partial charge in [0.1, 0.15) is 5.92 Å². The summed E-state index contributed by atoms with van der Waals surface area (Å²) in [6, 6.07) is 13.8. The van der Waals surface area contributed by atoms with Crippen molar-refractivity contribution in [2.24, 2.45) is 5.92 Å². The number of carbonyl (C=O) groups excluding carboxylic acids is 2. The molecule has 0 bridgehead atoms. The first-order chi connectivity index (χ1) is 13.6. The number of aromatic hydroxyl groups is 1. The number of nitrogens with zero attached hydrogens (tertiary/aromatic N) is 2. The van der Waals surface area contributed by atoms with E-state index in [0.29, 0.717) is 18.7 Å². The van der Waals surface area contributed by atoms with E-state index in [1.54, 1.807) is 17.2 Å². The maximum absolute atomic E-state index is 13.1. The van der Waals surface area contributed by atoms with Crippen molar-refractivity contribution >= 4 is 17.5 Å². The van der Waals surface area contributed by atoms with Crippen LogP contribution in [-0.2, 0) is 14.4 Å². The van der Waals surface area contributed by atoms with Gasteiger partial charge in [0.2, 0.25) is 5.91 Å². The van der Waals surface area contributed by atoms with E-state index in [4.69, 9.17) is 9.57 Å². The zero-order valence-corrected chi connectivity index (χ0v) is 15.7. The first kappa shape index (κ1) is 18.3. The summed E-state index contributed by atoms with van der Waals surface area (Å²) in [5.41, 5.74) is 1.47. The first-order valence-electron chi connectivity index (χ1n) is 9.30. The number of imide groups is 1. The van der Waals surface area contributed by atoms with Gasteiger partial charge >= 0.3 is 0 Å². The van der Waals surface area contributed by atoms with Crippen LogP contribution in [0.25, 0.3) is 0 Å². The summed E-state index contributed by atoms with van der Waals surface area (Å²) in [7, 11) is 1.47. The van der Waals surface area contributed by atoms with Gasteiger partial charge < -0.3 is 9.84 Å². The third-order valence-electron chi connectivity index (χ3n) is 5.21. The molecule has 2 heterocycles. The number of ether oxygens (including phenoxy) is 1. The molecular weight excluding hydrogens is 360 g/mol. The highest BCUT2D eigenvalue weighted by atomic mass is 16.7. The minimum Gasteiger partial charge on any atom is -0.504 e. The summed E-state index contributed by atoms with van der Waals surface area (Å²) in [6.45, 7) is 2.30. The summed E-state index contributed by atoms with van der Waals surface area (Å²) < 4.78 is 5.23. The number of carbonyl (C=O) groups is 2. The minimum atomic E-state index is -0.857. The molecule has 0 spiro atoms. The Morgan fingerprint density at radius 2 is 1.86 bits per heavy atom. The van der Waals surface area contributed by atoms with Crippen molar-refractivity contribution in [1.82, 2.24) is 4.90 Å². The number of phenols is 1. The maximum Gasteiger partial charge on any atom is 0.261 e. The second kappa shape index (κ2) is 7.16. The van der Waals surface area contributed by atoms with Crippen molar-refractivity contribution in [3.05, 3.63) is 54.1 Å². The number of benzene rings is 2. The average Bonchev–Trinajstić information content (AvgIpc) is 3.21. The third kappa shape index (κ3) is 2.79. The van der Waals surface area contributed by atoms with Crippen LogP contribution in [0.1, 0.15) is 24.9 Å². The lowest BCUT2D eigenvalue weighted by Gasteiger charge is -2.29. The van der Waals surface area contributed by atoms with Crippen LogP contribution in [0.15, 0.2) is 48.5 Å². The van der Waals surface area contributed by atoms with Crippen LogP contribution in [0.4, 0.5) is 5.69 Å². The number of likely N-dealkylation sites (tertiary alicyclic amines) is 1. The molecule has 2 fully saturated rings. The molecular formula is C21H22N2O5. The molecule has 4 rings (SSSR count). The number of para-hydroxylation sites is 1. The number of methoxy groups -OCH3 is 1. The molecule has 0 aliphatic carbocycles. The van der Waals surface area contributed by atoms with Gasteiger partial charge in [0.05, 0.1) is 18.8 Å². The van der Waals surface area contributed by atoms with Gasteiger partial charge in [-0.25, -0.2) is 5.06 Å². The molecule has 0 saturated carbocycles. The molecule has 28 heavy (non-hydrogen) atoms. The maximum atomic E-state index is 13.1. The molecule has 2 aromatic carbocycles. The molecule has 2 aliphatic rings. The fourth-order valence-electron chi connectivity index (χ4n) is 3.93. The largest absolute Gasteiger partial charge is 0.504 e. The van der Waals surface area contributed by atoms with Crippen molar-refractivity contribution < 1.29 is 24.3 Å². The van der Waals surface area contributed by atoms with Gasteiger partial charge in [-0.2, -0.15) is 0 Å². The molecule has 7 heteroatoms. The van der Waals surface area contributed by atoms with E-state index in [0.717, 1.165) is 11.3 Å². The molecule has 2 amide bonds. The summed E-state index contributed by atoms with van der Waals surface area (Å²) in [6.07, 6.45) is -0.166. The van der Waals surface area contributed by atoms with Gasteiger partial charge in [0.25, 0.3) is 5.91 Å². The molecule has 146 valence electrons. The van der Waals surface area contributed by atoms with Crippen molar-refractivity contribution in [1.29, 1.82) is 0 Å². The normalized spacial score (nSPS) is 24.0. The lowest BCUT2D eigenvalue weighted by molar-refractivity contribution is -0.143. The molecule has 0 radical (unpaired) electrons.